The third kappa shape index (κ3) is 4.66. The van der Waals surface area contributed by atoms with E-state index in [9.17, 15) is 9.59 Å². The molecule has 4 fully saturated rings. The molecule has 1 heterocycles. The summed E-state index contributed by atoms with van der Waals surface area (Å²) in [7, 11) is 0. The Morgan fingerprint density at radius 1 is 0.944 bits per heavy atom. The highest BCUT2D eigenvalue weighted by atomic mass is 16.2. The SMILES string of the molecule is O=C(NC(Cn1cncn1)c1ccccc1)c1ccc(CNC(=O)C23CC4CC(CC(C4)C2)C3)cc1. The number of carbonyl (C=O) groups excluding carboxylic acids is 2. The Morgan fingerprint density at radius 3 is 2.22 bits per heavy atom. The van der Waals surface area contributed by atoms with Gasteiger partial charge in [0.2, 0.25) is 5.91 Å². The number of nitrogens with zero attached hydrogens (tertiary/aromatic N) is 3. The van der Waals surface area contributed by atoms with Crippen LogP contribution in [0, 0.1) is 23.2 Å². The van der Waals surface area contributed by atoms with E-state index in [4.69, 9.17) is 0 Å². The Balaban J connectivity index is 1.08. The van der Waals surface area contributed by atoms with Gasteiger partial charge in [0.05, 0.1) is 12.6 Å². The summed E-state index contributed by atoms with van der Waals surface area (Å²) in [5.74, 6) is 2.35. The Hall–Kier alpha value is -3.48. The van der Waals surface area contributed by atoms with Crippen molar-refractivity contribution >= 4 is 11.8 Å². The van der Waals surface area contributed by atoms with Gasteiger partial charge in [-0.3, -0.25) is 14.3 Å². The average molecular weight is 484 g/mol. The number of nitrogens with one attached hydrogen (secondary N) is 2. The van der Waals surface area contributed by atoms with Gasteiger partial charge in [0.25, 0.3) is 5.91 Å². The second-order valence-corrected chi connectivity index (χ2v) is 11.1. The van der Waals surface area contributed by atoms with Crippen molar-refractivity contribution in [1.82, 2.24) is 25.4 Å². The fourth-order valence-electron chi connectivity index (χ4n) is 7.21. The van der Waals surface area contributed by atoms with Crippen LogP contribution in [0.25, 0.3) is 0 Å². The number of amides is 2. The first-order chi connectivity index (χ1) is 17.6. The number of aromatic nitrogens is 3. The molecule has 0 saturated heterocycles. The van der Waals surface area contributed by atoms with E-state index in [1.165, 1.54) is 25.6 Å². The predicted molar refractivity (Wildman–Crippen MR) is 136 cm³/mol. The van der Waals surface area contributed by atoms with Gasteiger partial charge in [-0.15, -0.1) is 0 Å². The number of hydrogen-bond donors (Lipinski definition) is 2. The molecule has 2 aromatic carbocycles. The fraction of sp³-hybridized carbons (Fsp3) is 0.448. The average Bonchev–Trinajstić information content (AvgIpc) is 3.40. The van der Waals surface area contributed by atoms with Crippen LogP contribution in [-0.4, -0.2) is 26.6 Å². The molecular weight excluding hydrogens is 450 g/mol. The highest BCUT2D eigenvalue weighted by Gasteiger charge is 2.54. The summed E-state index contributed by atoms with van der Waals surface area (Å²) in [6.45, 7) is 0.992. The highest BCUT2D eigenvalue weighted by molar-refractivity contribution is 5.94. The van der Waals surface area contributed by atoms with Crippen molar-refractivity contribution in [3.05, 3.63) is 83.9 Å². The number of rotatable bonds is 8. The molecule has 7 nitrogen and oxygen atoms in total. The molecule has 4 saturated carbocycles. The van der Waals surface area contributed by atoms with Crippen molar-refractivity contribution in [2.24, 2.45) is 23.2 Å². The summed E-state index contributed by atoms with van der Waals surface area (Å²) in [6, 6.07) is 17.2. The van der Waals surface area contributed by atoms with Gasteiger partial charge >= 0.3 is 0 Å². The van der Waals surface area contributed by atoms with Crippen molar-refractivity contribution < 1.29 is 9.59 Å². The number of carbonyl (C=O) groups is 2. The molecule has 1 unspecified atom stereocenters. The molecule has 4 aliphatic rings. The minimum absolute atomic E-state index is 0.134. The molecule has 0 spiro atoms. The fourth-order valence-corrected chi connectivity index (χ4v) is 7.21. The van der Waals surface area contributed by atoms with Crippen molar-refractivity contribution in [2.45, 2.75) is 57.7 Å². The van der Waals surface area contributed by atoms with Gasteiger partial charge < -0.3 is 10.6 Å². The molecule has 2 N–H and O–H groups in total. The Bertz CT molecular complexity index is 1170. The Morgan fingerprint density at radius 2 is 1.61 bits per heavy atom. The minimum Gasteiger partial charge on any atom is -0.352 e. The van der Waals surface area contributed by atoms with Crippen molar-refractivity contribution in [2.75, 3.05) is 0 Å². The van der Waals surface area contributed by atoms with Gasteiger partial charge in [0, 0.05) is 17.5 Å². The zero-order chi connectivity index (χ0) is 24.5. The quantitative estimate of drug-likeness (QED) is 0.501. The molecule has 4 aliphatic carbocycles. The lowest BCUT2D eigenvalue weighted by atomic mass is 9.49. The smallest absolute Gasteiger partial charge is 0.251 e. The van der Waals surface area contributed by atoms with E-state index in [-0.39, 0.29) is 23.3 Å². The highest BCUT2D eigenvalue weighted by Crippen LogP contribution is 2.60. The molecule has 0 aliphatic heterocycles. The summed E-state index contributed by atoms with van der Waals surface area (Å²) in [5.41, 5.74) is 2.47. The molecular formula is C29H33N5O2. The normalized spacial score (nSPS) is 26.9. The lowest BCUT2D eigenvalue weighted by molar-refractivity contribution is -0.146. The first-order valence-corrected chi connectivity index (χ1v) is 13.1. The van der Waals surface area contributed by atoms with Gasteiger partial charge in [0.15, 0.2) is 0 Å². The molecule has 36 heavy (non-hydrogen) atoms. The van der Waals surface area contributed by atoms with Crippen molar-refractivity contribution in [3.63, 3.8) is 0 Å². The van der Waals surface area contributed by atoms with Gasteiger partial charge in [-0.2, -0.15) is 5.10 Å². The van der Waals surface area contributed by atoms with E-state index in [2.05, 4.69) is 20.7 Å². The van der Waals surface area contributed by atoms with Crippen LogP contribution in [0.3, 0.4) is 0 Å². The summed E-state index contributed by atoms with van der Waals surface area (Å²) in [6.07, 6.45) is 10.3. The molecule has 4 bridgehead atoms. The van der Waals surface area contributed by atoms with Crippen LogP contribution < -0.4 is 10.6 Å². The van der Waals surface area contributed by atoms with Crippen LogP contribution in [0.5, 0.6) is 0 Å². The van der Waals surface area contributed by atoms with E-state index in [0.29, 0.717) is 18.7 Å². The standard InChI is InChI=1S/C29H33N5O2/c35-27(33-26(17-34-19-30-18-32-34)24-4-2-1-3-5-24)25-8-6-20(7-9-25)16-31-28(36)29-13-21-10-22(14-29)12-23(11-21)15-29/h1-9,18-19,21-23,26H,10-17H2,(H,31,36)(H,33,35). The molecule has 2 amide bonds. The minimum atomic E-state index is -0.236. The largest absolute Gasteiger partial charge is 0.352 e. The van der Waals surface area contributed by atoms with Crippen LogP contribution in [-0.2, 0) is 17.9 Å². The van der Waals surface area contributed by atoms with Crippen LogP contribution >= 0.6 is 0 Å². The Kier molecular flexibility index (Phi) is 6.07. The van der Waals surface area contributed by atoms with Crippen molar-refractivity contribution in [3.8, 4) is 0 Å². The van der Waals surface area contributed by atoms with Crippen LogP contribution in [0.4, 0.5) is 0 Å². The van der Waals surface area contributed by atoms with Crippen LogP contribution in [0.1, 0.15) is 66.1 Å². The van der Waals surface area contributed by atoms with Crippen LogP contribution in [0.15, 0.2) is 67.3 Å². The summed E-state index contributed by atoms with van der Waals surface area (Å²) in [5, 5.41) is 10.5. The first-order valence-electron chi connectivity index (χ1n) is 13.1. The van der Waals surface area contributed by atoms with Gasteiger partial charge in [0.1, 0.15) is 12.7 Å². The predicted octanol–water partition coefficient (Wildman–Crippen LogP) is 4.28. The maximum Gasteiger partial charge on any atom is 0.251 e. The van der Waals surface area contributed by atoms with E-state index in [1.54, 1.807) is 11.0 Å². The summed E-state index contributed by atoms with van der Waals surface area (Å²) in [4.78, 5) is 30.3. The molecule has 3 aromatic rings. The molecule has 186 valence electrons. The second-order valence-electron chi connectivity index (χ2n) is 11.1. The zero-order valence-corrected chi connectivity index (χ0v) is 20.5. The molecule has 7 rings (SSSR count). The maximum atomic E-state index is 13.2. The monoisotopic (exact) mass is 483 g/mol. The van der Waals surface area contributed by atoms with Gasteiger partial charge in [-0.25, -0.2) is 4.98 Å². The first kappa shape index (κ1) is 23.0. The number of hydrogen-bond acceptors (Lipinski definition) is 4. The topological polar surface area (TPSA) is 88.9 Å². The third-order valence-corrected chi connectivity index (χ3v) is 8.53. The van der Waals surface area contributed by atoms with Crippen molar-refractivity contribution in [1.29, 1.82) is 0 Å². The maximum absolute atomic E-state index is 13.2. The Labute approximate surface area is 211 Å². The van der Waals surface area contributed by atoms with E-state index < -0.39 is 0 Å². The van der Waals surface area contributed by atoms with E-state index in [1.807, 2.05) is 54.6 Å². The van der Waals surface area contributed by atoms with Crippen LogP contribution in [0.2, 0.25) is 0 Å². The molecule has 1 aromatic heterocycles. The van der Waals surface area contributed by atoms with E-state index in [0.717, 1.165) is 48.1 Å². The van der Waals surface area contributed by atoms with Gasteiger partial charge in [-0.1, -0.05) is 42.5 Å². The number of benzene rings is 2. The molecule has 0 radical (unpaired) electrons. The lowest BCUT2D eigenvalue weighted by Crippen LogP contribution is -2.53. The third-order valence-electron chi connectivity index (χ3n) is 8.53. The van der Waals surface area contributed by atoms with E-state index >= 15 is 0 Å². The second kappa shape index (κ2) is 9.52. The molecule has 1 atom stereocenters. The lowest BCUT2D eigenvalue weighted by Gasteiger charge is -2.55. The zero-order valence-electron chi connectivity index (χ0n) is 20.5. The summed E-state index contributed by atoms with van der Waals surface area (Å²) < 4.78 is 1.72. The van der Waals surface area contributed by atoms with Gasteiger partial charge in [-0.05, 0) is 79.5 Å². The molecule has 7 heteroatoms. The summed E-state index contributed by atoms with van der Waals surface area (Å²) >= 11 is 0.